The van der Waals surface area contributed by atoms with Crippen molar-refractivity contribution in [2.75, 3.05) is 17.4 Å². The van der Waals surface area contributed by atoms with Gasteiger partial charge in [0, 0.05) is 24.0 Å². The van der Waals surface area contributed by atoms with Crippen molar-refractivity contribution in [1.29, 1.82) is 0 Å². The summed E-state index contributed by atoms with van der Waals surface area (Å²) in [6, 6.07) is 28.6. The fourth-order valence-electron chi connectivity index (χ4n) is 4.59. The molecule has 0 saturated carbocycles. The first-order valence-electron chi connectivity index (χ1n) is 13.9. The van der Waals surface area contributed by atoms with E-state index in [1.165, 1.54) is 35.2 Å². The number of carbonyl (C=O) groups excluding carboxylic acids is 2. The number of para-hydroxylation sites is 1. The summed E-state index contributed by atoms with van der Waals surface area (Å²) in [6.07, 6.45) is 0.893. The van der Waals surface area contributed by atoms with Gasteiger partial charge < -0.3 is 10.2 Å². The van der Waals surface area contributed by atoms with Gasteiger partial charge in [-0.25, -0.2) is 12.8 Å². The van der Waals surface area contributed by atoms with Crippen molar-refractivity contribution in [2.45, 2.75) is 37.2 Å². The maximum atomic E-state index is 15.1. The fourth-order valence-corrected chi connectivity index (χ4v) is 6.30. The van der Waals surface area contributed by atoms with Crippen molar-refractivity contribution in [3.05, 3.63) is 131 Å². The van der Waals surface area contributed by atoms with Gasteiger partial charge >= 0.3 is 0 Å². The van der Waals surface area contributed by atoms with E-state index in [9.17, 15) is 18.0 Å². The summed E-state index contributed by atoms with van der Waals surface area (Å²) in [5, 5.41) is 2.90. The molecule has 0 fully saturated rings. The molecule has 1 atom stereocenters. The van der Waals surface area contributed by atoms with Crippen molar-refractivity contribution in [3.8, 4) is 0 Å². The summed E-state index contributed by atoms with van der Waals surface area (Å²) in [4.78, 5) is 29.2. The number of hydrogen-bond acceptors (Lipinski definition) is 4. The number of amides is 2. The third-order valence-corrected chi connectivity index (χ3v) is 9.12. The normalized spacial score (nSPS) is 11.9. The average molecular weight is 667 g/mol. The molecule has 0 aliphatic rings. The molecule has 0 aliphatic carbocycles. The summed E-state index contributed by atoms with van der Waals surface area (Å²) >= 11 is 3.42. The molecule has 0 heterocycles. The molecule has 4 rings (SSSR count). The molecule has 0 aliphatic heterocycles. The topological polar surface area (TPSA) is 86.8 Å². The van der Waals surface area contributed by atoms with Crippen molar-refractivity contribution in [2.24, 2.45) is 0 Å². The van der Waals surface area contributed by atoms with Crippen molar-refractivity contribution < 1.29 is 22.4 Å². The van der Waals surface area contributed by atoms with E-state index in [1.807, 2.05) is 61.5 Å². The molecule has 0 unspecified atom stereocenters. The predicted molar refractivity (Wildman–Crippen MR) is 169 cm³/mol. The van der Waals surface area contributed by atoms with Gasteiger partial charge in [0.25, 0.3) is 10.0 Å². The van der Waals surface area contributed by atoms with Gasteiger partial charge in [-0.3, -0.25) is 13.9 Å². The van der Waals surface area contributed by atoms with Crippen LogP contribution in [0.3, 0.4) is 0 Å². The predicted octanol–water partition coefficient (Wildman–Crippen LogP) is 5.95. The number of sulfonamides is 1. The summed E-state index contributed by atoms with van der Waals surface area (Å²) in [5.41, 5.74) is 1.30. The van der Waals surface area contributed by atoms with E-state index in [-0.39, 0.29) is 29.5 Å². The first-order valence-corrected chi connectivity index (χ1v) is 16.1. The van der Waals surface area contributed by atoms with Gasteiger partial charge in [-0.1, -0.05) is 95.7 Å². The van der Waals surface area contributed by atoms with Crippen LogP contribution in [0.5, 0.6) is 0 Å². The monoisotopic (exact) mass is 665 g/mol. The number of benzene rings is 4. The lowest BCUT2D eigenvalue weighted by Gasteiger charge is -2.34. The zero-order valence-electron chi connectivity index (χ0n) is 23.7. The Morgan fingerprint density at radius 3 is 2.07 bits per heavy atom. The first kappa shape index (κ1) is 31.9. The van der Waals surface area contributed by atoms with Gasteiger partial charge in [0.15, 0.2) is 0 Å². The van der Waals surface area contributed by atoms with Crippen LogP contribution in [0.4, 0.5) is 10.1 Å². The second-order valence-corrected chi connectivity index (χ2v) is 12.7. The average Bonchev–Trinajstić information content (AvgIpc) is 3.02. The van der Waals surface area contributed by atoms with E-state index in [4.69, 9.17) is 0 Å². The first-order chi connectivity index (χ1) is 20.7. The highest BCUT2D eigenvalue weighted by molar-refractivity contribution is 9.10. The van der Waals surface area contributed by atoms with E-state index in [0.29, 0.717) is 13.0 Å². The zero-order valence-corrected chi connectivity index (χ0v) is 26.1. The number of anilines is 1. The zero-order chi connectivity index (χ0) is 30.8. The van der Waals surface area contributed by atoms with Gasteiger partial charge in [0.2, 0.25) is 11.8 Å². The Labute approximate surface area is 260 Å². The van der Waals surface area contributed by atoms with Crippen LogP contribution in [0.2, 0.25) is 0 Å². The molecule has 4 aromatic rings. The molecule has 4 aromatic carbocycles. The highest BCUT2D eigenvalue weighted by Crippen LogP contribution is 2.27. The SMILES string of the molecule is CCCNC(=O)[C@H](Cc1ccccc1)N(Cc1ccc(Br)cc1)C(=O)CN(c1ccccc1F)S(=O)(=O)c1ccccc1. The molecule has 2 amide bonds. The van der Waals surface area contributed by atoms with Gasteiger partial charge in [-0.15, -0.1) is 0 Å². The van der Waals surface area contributed by atoms with E-state index >= 15 is 4.39 Å². The summed E-state index contributed by atoms with van der Waals surface area (Å²) in [7, 11) is -4.36. The van der Waals surface area contributed by atoms with Gasteiger partial charge in [-0.2, -0.15) is 0 Å². The molecule has 7 nitrogen and oxygen atoms in total. The van der Waals surface area contributed by atoms with Gasteiger partial charge in [-0.05, 0) is 53.9 Å². The highest BCUT2D eigenvalue weighted by atomic mass is 79.9. The van der Waals surface area contributed by atoms with E-state index < -0.39 is 34.3 Å². The fraction of sp³-hybridized carbons (Fsp3) is 0.212. The molecule has 224 valence electrons. The standard InChI is InChI=1S/C33H33BrFN3O4S/c1-2-21-36-33(40)31(22-25-11-5-3-6-12-25)37(23-26-17-19-27(34)20-18-26)32(39)24-38(30-16-10-9-15-29(30)35)43(41,42)28-13-7-4-8-14-28/h3-20,31H,2,21-24H2,1H3,(H,36,40)/t31-/m0/s1. The maximum Gasteiger partial charge on any atom is 0.264 e. The van der Waals surface area contributed by atoms with Crippen LogP contribution < -0.4 is 9.62 Å². The lowest BCUT2D eigenvalue weighted by atomic mass is 10.0. The van der Waals surface area contributed by atoms with Crippen LogP contribution in [0.1, 0.15) is 24.5 Å². The summed E-state index contributed by atoms with van der Waals surface area (Å²) in [5.74, 6) is -1.81. The Bertz CT molecular complexity index is 1620. The number of halogens is 2. The van der Waals surface area contributed by atoms with Crippen LogP contribution in [-0.4, -0.2) is 44.3 Å². The minimum Gasteiger partial charge on any atom is -0.354 e. The Balaban J connectivity index is 1.79. The Morgan fingerprint density at radius 2 is 1.44 bits per heavy atom. The largest absolute Gasteiger partial charge is 0.354 e. The summed E-state index contributed by atoms with van der Waals surface area (Å²) in [6.45, 7) is 1.65. The third kappa shape index (κ3) is 8.30. The second kappa shape index (κ2) is 14.9. The highest BCUT2D eigenvalue weighted by Gasteiger charge is 2.35. The van der Waals surface area contributed by atoms with Crippen LogP contribution in [0.25, 0.3) is 0 Å². The minimum atomic E-state index is -4.36. The Hall–Kier alpha value is -4.02. The Morgan fingerprint density at radius 1 is 0.837 bits per heavy atom. The molecule has 0 bridgehead atoms. The molecule has 0 radical (unpaired) electrons. The van der Waals surface area contributed by atoms with Gasteiger partial charge in [0.1, 0.15) is 18.4 Å². The summed E-state index contributed by atoms with van der Waals surface area (Å²) < 4.78 is 44.5. The molecule has 10 heteroatoms. The molecule has 43 heavy (non-hydrogen) atoms. The quantitative estimate of drug-likeness (QED) is 0.191. The molecule has 1 N–H and O–H groups in total. The van der Waals surface area contributed by atoms with E-state index in [2.05, 4.69) is 21.2 Å². The lowest BCUT2D eigenvalue weighted by molar-refractivity contribution is -0.140. The number of nitrogens with one attached hydrogen (secondary N) is 1. The Kier molecular flexibility index (Phi) is 11.1. The second-order valence-electron chi connectivity index (χ2n) is 9.92. The van der Waals surface area contributed by atoms with Crippen molar-refractivity contribution in [1.82, 2.24) is 10.2 Å². The third-order valence-electron chi connectivity index (χ3n) is 6.82. The maximum absolute atomic E-state index is 15.1. The van der Waals surface area contributed by atoms with Crippen molar-refractivity contribution in [3.63, 3.8) is 0 Å². The molecule has 0 spiro atoms. The number of carbonyl (C=O) groups is 2. The van der Waals surface area contributed by atoms with E-state index in [1.54, 1.807) is 18.2 Å². The van der Waals surface area contributed by atoms with Crippen LogP contribution >= 0.6 is 15.9 Å². The molecular weight excluding hydrogens is 633 g/mol. The molecule has 0 saturated heterocycles. The number of hydrogen-bond donors (Lipinski definition) is 1. The molecular formula is C33H33BrFN3O4S. The smallest absolute Gasteiger partial charge is 0.264 e. The van der Waals surface area contributed by atoms with Crippen LogP contribution in [0, 0.1) is 5.82 Å². The van der Waals surface area contributed by atoms with Crippen molar-refractivity contribution >= 4 is 43.5 Å². The minimum absolute atomic E-state index is 0.0274. The van der Waals surface area contributed by atoms with E-state index in [0.717, 1.165) is 26.0 Å². The lowest BCUT2D eigenvalue weighted by Crippen LogP contribution is -2.53. The molecule has 0 aromatic heterocycles. The van der Waals surface area contributed by atoms with Crippen LogP contribution in [-0.2, 0) is 32.6 Å². The number of rotatable bonds is 13. The van der Waals surface area contributed by atoms with Gasteiger partial charge in [0.05, 0.1) is 10.6 Å². The number of nitrogens with zero attached hydrogens (tertiary/aromatic N) is 2. The van der Waals surface area contributed by atoms with Crippen LogP contribution in [0.15, 0.2) is 119 Å².